The van der Waals surface area contributed by atoms with Crippen LogP contribution in [-0.4, -0.2) is 27.6 Å². The van der Waals surface area contributed by atoms with E-state index in [-0.39, 0.29) is 23.6 Å². The summed E-state index contributed by atoms with van der Waals surface area (Å²) in [5.41, 5.74) is 1.78. The Bertz CT molecular complexity index is 1100. The summed E-state index contributed by atoms with van der Waals surface area (Å²) < 4.78 is 40.0. The number of benzene rings is 1. The van der Waals surface area contributed by atoms with Crippen molar-refractivity contribution >= 4 is 11.7 Å². The first kappa shape index (κ1) is 18.7. The minimum absolute atomic E-state index is 0.0937. The summed E-state index contributed by atoms with van der Waals surface area (Å²) in [6.07, 6.45) is 3.57. The Morgan fingerprint density at radius 1 is 1.21 bits per heavy atom. The maximum Gasteiger partial charge on any atom is 0.231 e. The molecule has 3 heterocycles. The molecule has 2 aromatic heterocycles. The Balaban J connectivity index is 1.57. The second-order valence-electron chi connectivity index (χ2n) is 6.74. The van der Waals surface area contributed by atoms with E-state index in [0.717, 1.165) is 12.1 Å². The molecule has 1 unspecified atom stereocenters. The van der Waals surface area contributed by atoms with Crippen molar-refractivity contribution in [3.8, 4) is 17.2 Å². The van der Waals surface area contributed by atoms with Crippen molar-refractivity contribution in [1.29, 1.82) is 5.26 Å². The van der Waals surface area contributed by atoms with Gasteiger partial charge in [-0.1, -0.05) is 0 Å². The second-order valence-corrected chi connectivity index (χ2v) is 6.74. The topological polar surface area (TPSA) is 85.7 Å². The minimum atomic E-state index is -1.53. The quantitative estimate of drug-likeness (QED) is 0.684. The molecule has 0 spiro atoms. The van der Waals surface area contributed by atoms with Gasteiger partial charge in [-0.05, 0) is 42.7 Å². The lowest BCUT2D eigenvalue weighted by atomic mass is 9.98. The van der Waals surface area contributed by atoms with Crippen LogP contribution in [-0.2, 0) is 11.2 Å². The van der Waals surface area contributed by atoms with Crippen molar-refractivity contribution in [2.45, 2.75) is 12.8 Å². The molecule has 29 heavy (non-hydrogen) atoms. The van der Waals surface area contributed by atoms with Crippen LogP contribution in [0.15, 0.2) is 36.7 Å². The molecular weight excluding hydrogens is 383 g/mol. The van der Waals surface area contributed by atoms with Gasteiger partial charge < -0.3 is 4.98 Å². The fourth-order valence-corrected chi connectivity index (χ4v) is 3.53. The van der Waals surface area contributed by atoms with Gasteiger partial charge in [0.2, 0.25) is 5.91 Å². The second kappa shape index (κ2) is 7.39. The molecule has 9 heteroatoms. The van der Waals surface area contributed by atoms with Gasteiger partial charge in [-0.15, -0.1) is 0 Å². The number of aromatic nitrogens is 3. The number of rotatable bonds is 4. The van der Waals surface area contributed by atoms with Gasteiger partial charge in [-0.3, -0.25) is 9.69 Å². The molecule has 1 aliphatic heterocycles. The summed E-state index contributed by atoms with van der Waals surface area (Å²) in [6.45, 7) is 0.384. The molecule has 146 valence electrons. The number of nitriles is 1. The first-order valence-corrected chi connectivity index (χ1v) is 8.83. The maximum absolute atomic E-state index is 13.4. The smallest absolute Gasteiger partial charge is 0.231 e. The van der Waals surface area contributed by atoms with Crippen LogP contribution in [0.1, 0.15) is 17.7 Å². The number of halogens is 3. The van der Waals surface area contributed by atoms with Gasteiger partial charge in [0.15, 0.2) is 17.5 Å². The molecule has 0 aliphatic carbocycles. The lowest BCUT2D eigenvalue weighted by molar-refractivity contribution is -0.120. The van der Waals surface area contributed by atoms with Gasteiger partial charge in [0.25, 0.3) is 0 Å². The first-order chi connectivity index (χ1) is 14.0. The monoisotopic (exact) mass is 397 g/mol. The van der Waals surface area contributed by atoms with Crippen LogP contribution in [0, 0.1) is 34.7 Å². The standard InChI is InChI=1S/C20H14F3N5O/c21-15-6-11(7-16(22)19(15)23)5-12-2-4-28(20(12)29)18-8-14(17(9-24)27-18)13-1-3-25-26-10-13/h1,3,6-8,10,12,27H,2,4-5H2. The molecule has 0 saturated carbocycles. The zero-order valence-corrected chi connectivity index (χ0v) is 15.0. The minimum Gasteiger partial charge on any atom is -0.332 e. The molecule has 1 amide bonds. The predicted molar refractivity (Wildman–Crippen MR) is 97.0 cm³/mol. The number of nitrogens with zero attached hydrogens (tertiary/aromatic N) is 4. The fraction of sp³-hybridized carbons (Fsp3) is 0.200. The van der Waals surface area contributed by atoms with E-state index in [9.17, 15) is 23.2 Å². The molecule has 1 fully saturated rings. The number of anilines is 1. The zero-order valence-electron chi connectivity index (χ0n) is 15.0. The van der Waals surface area contributed by atoms with Crippen LogP contribution in [0.2, 0.25) is 0 Å². The molecule has 0 bridgehead atoms. The Kier molecular flexibility index (Phi) is 4.76. The van der Waals surface area contributed by atoms with Crippen LogP contribution in [0.25, 0.3) is 11.1 Å². The molecule has 1 atom stereocenters. The molecule has 3 aromatic rings. The first-order valence-electron chi connectivity index (χ1n) is 8.83. The van der Waals surface area contributed by atoms with E-state index < -0.39 is 23.4 Å². The van der Waals surface area contributed by atoms with Gasteiger partial charge in [0.05, 0.1) is 12.4 Å². The normalized spacial score (nSPS) is 16.3. The van der Waals surface area contributed by atoms with Gasteiger partial charge in [0, 0.05) is 23.6 Å². The highest BCUT2D eigenvalue weighted by atomic mass is 19.2. The lowest BCUT2D eigenvalue weighted by Gasteiger charge is -2.15. The van der Waals surface area contributed by atoms with Crippen molar-refractivity contribution in [2.75, 3.05) is 11.4 Å². The fourth-order valence-electron chi connectivity index (χ4n) is 3.53. The van der Waals surface area contributed by atoms with Gasteiger partial charge in [-0.25, -0.2) is 13.2 Å². The average molecular weight is 397 g/mol. The molecule has 1 aliphatic rings. The number of aromatic amines is 1. The molecule has 1 saturated heterocycles. The predicted octanol–water partition coefficient (Wildman–Crippen LogP) is 3.36. The molecule has 1 aromatic carbocycles. The van der Waals surface area contributed by atoms with E-state index in [1.165, 1.54) is 17.3 Å². The molecule has 1 N–H and O–H groups in total. The Labute approximate surface area is 163 Å². The summed E-state index contributed by atoms with van der Waals surface area (Å²) in [7, 11) is 0. The van der Waals surface area contributed by atoms with E-state index in [0.29, 0.717) is 29.9 Å². The van der Waals surface area contributed by atoms with E-state index in [1.54, 1.807) is 12.1 Å². The number of carbonyl (C=O) groups is 1. The summed E-state index contributed by atoms with van der Waals surface area (Å²) in [6, 6.07) is 7.27. The Morgan fingerprint density at radius 2 is 1.97 bits per heavy atom. The molecule has 4 rings (SSSR count). The number of carbonyl (C=O) groups excluding carboxylic acids is 1. The molecule has 6 nitrogen and oxygen atoms in total. The summed E-state index contributed by atoms with van der Waals surface area (Å²) in [5, 5.41) is 16.9. The molecule has 0 radical (unpaired) electrons. The highest BCUT2D eigenvalue weighted by Crippen LogP contribution is 2.32. The van der Waals surface area contributed by atoms with Crippen molar-refractivity contribution in [3.05, 3.63) is 65.4 Å². The van der Waals surface area contributed by atoms with Gasteiger partial charge in [-0.2, -0.15) is 15.5 Å². The summed E-state index contributed by atoms with van der Waals surface area (Å²) >= 11 is 0. The highest BCUT2D eigenvalue weighted by molar-refractivity contribution is 5.97. The molecular formula is C20H14F3N5O. The summed E-state index contributed by atoms with van der Waals surface area (Å²) in [4.78, 5) is 17.3. The third kappa shape index (κ3) is 3.45. The van der Waals surface area contributed by atoms with Crippen molar-refractivity contribution < 1.29 is 18.0 Å². The van der Waals surface area contributed by atoms with Crippen LogP contribution >= 0.6 is 0 Å². The Morgan fingerprint density at radius 3 is 2.62 bits per heavy atom. The van der Waals surface area contributed by atoms with Crippen LogP contribution < -0.4 is 4.90 Å². The van der Waals surface area contributed by atoms with Crippen LogP contribution in [0.5, 0.6) is 0 Å². The van der Waals surface area contributed by atoms with E-state index >= 15 is 0 Å². The third-order valence-corrected chi connectivity index (χ3v) is 4.94. The van der Waals surface area contributed by atoms with E-state index in [1.807, 2.05) is 0 Å². The van der Waals surface area contributed by atoms with E-state index in [4.69, 9.17) is 0 Å². The van der Waals surface area contributed by atoms with Gasteiger partial charge >= 0.3 is 0 Å². The Hall–Kier alpha value is -3.67. The lowest BCUT2D eigenvalue weighted by Crippen LogP contribution is -2.28. The highest BCUT2D eigenvalue weighted by Gasteiger charge is 2.34. The number of amides is 1. The number of H-pyrrole nitrogens is 1. The van der Waals surface area contributed by atoms with Crippen LogP contribution in [0.3, 0.4) is 0 Å². The summed E-state index contributed by atoms with van der Waals surface area (Å²) in [5.74, 6) is -4.36. The average Bonchev–Trinajstić information content (AvgIpc) is 3.30. The van der Waals surface area contributed by atoms with Crippen molar-refractivity contribution in [2.24, 2.45) is 5.92 Å². The van der Waals surface area contributed by atoms with Crippen LogP contribution in [0.4, 0.5) is 19.0 Å². The SMILES string of the molecule is N#Cc1[nH]c(N2CCC(Cc3cc(F)c(F)c(F)c3)C2=O)cc1-c1ccnnc1. The third-order valence-electron chi connectivity index (χ3n) is 4.94. The largest absolute Gasteiger partial charge is 0.332 e. The number of hydrogen-bond donors (Lipinski definition) is 1. The van der Waals surface area contributed by atoms with Gasteiger partial charge in [0.1, 0.15) is 17.6 Å². The number of nitrogens with one attached hydrogen (secondary N) is 1. The zero-order chi connectivity index (χ0) is 20.5. The number of hydrogen-bond acceptors (Lipinski definition) is 4. The maximum atomic E-state index is 13.4. The van der Waals surface area contributed by atoms with Crippen molar-refractivity contribution in [1.82, 2.24) is 15.2 Å². The van der Waals surface area contributed by atoms with E-state index in [2.05, 4.69) is 21.3 Å². The van der Waals surface area contributed by atoms with Crippen molar-refractivity contribution in [3.63, 3.8) is 0 Å².